The van der Waals surface area contributed by atoms with Crippen LogP contribution in [0.3, 0.4) is 0 Å². The van der Waals surface area contributed by atoms with Crippen molar-refractivity contribution in [1.29, 1.82) is 0 Å². The van der Waals surface area contributed by atoms with Gasteiger partial charge in [0.15, 0.2) is 0 Å². The Morgan fingerprint density at radius 3 is 2.35 bits per heavy atom. The fourth-order valence-corrected chi connectivity index (χ4v) is 2.81. The van der Waals surface area contributed by atoms with Crippen molar-refractivity contribution in [1.82, 2.24) is 4.90 Å². The van der Waals surface area contributed by atoms with Crippen LogP contribution in [0.15, 0.2) is 30.3 Å². The zero-order valence-electron chi connectivity index (χ0n) is 10.8. The van der Waals surface area contributed by atoms with Crippen molar-refractivity contribution < 1.29 is 5.11 Å². The van der Waals surface area contributed by atoms with Crippen LogP contribution in [0, 0.1) is 0 Å². The molecule has 1 N–H and O–H groups in total. The number of aliphatic hydroxyl groups is 1. The SMILES string of the molecule is C[C@@H]1CCC[C@@H](C)N1C[C@@H](O)c1ccccc1. The number of piperidine rings is 1. The largest absolute Gasteiger partial charge is 0.387 e. The molecular weight excluding hydrogens is 210 g/mol. The highest BCUT2D eigenvalue weighted by Gasteiger charge is 2.26. The molecule has 0 radical (unpaired) electrons. The van der Waals surface area contributed by atoms with Crippen molar-refractivity contribution in [3.63, 3.8) is 0 Å². The van der Waals surface area contributed by atoms with Gasteiger partial charge < -0.3 is 5.11 Å². The van der Waals surface area contributed by atoms with Gasteiger partial charge in [-0.2, -0.15) is 0 Å². The summed E-state index contributed by atoms with van der Waals surface area (Å²) in [5.74, 6) is 0. The molecule has 0 saturated carbocycles. The first-order chi connectivity index (χ1) is 8.18. The van der Waals surface area contributed by atoms with Gasteiger partial charge in [-0.15, -0.1) is 0 Å². The van der Waals surface area contributed by atoms with Gasteiger partial charge in [0.2, 0.25) is 0 Å². The summed E-state index contributed by atoms with van der Waals surface area (Å²) in [4.78, 5) is 2.45. The van der Waals surface area contributed by atoms with E-state index in [9.17, 15) is 5.11 Å². The Hall–Kier alpha value is -0.860. The van der Waals surface area contributed by atoms with Crippen LogP contribution in [0.5, 0.6) is 0 Å². The molecule has 1 aromatic carbocycles. The van der Waals surface area contributed by atoms with Gasteiger partial charge in [-0.1, -0.05) is 36.8 Å². The van der Waals surface area contributed by atoms with Gasteiger partial charge in [0.1, 0.15) is 0 Å². The summed E-state index contributed by atoms with van der Waals surface area (Å²) in [5, 5.41) is 10.3. The molecule has 17 heavy (non-hydrogen) atoms. The number of β-amino-alcohol motifs (C(OH)–C–C–N with tert-alkyl or cyclic N) is 1. The summed E-state index contributed by atoms with van der Waals surface area (Å²) in [5.41, 5.74) is 1.03. The van der Waals surface area contributed by atoms with Crippen molar-refractivity contribution in [3.05, 3.63) is 35.9 Å². The summed E-state index contributed by atoms with van der Waals surface area (Å²) in [6.45, 7) is 5.30. The van der Waals surface area contributed by atoms with Crippen LogP contribution in [-0.4, -0.2) is 28.6 Å². The molecule has 1 aromatic rings. The van der Waals surface area contributed by atoms with Crippen molar-refractivity contribution >= 4 is 0 Å². The van der Waals surface area contributed by atoms with Crippen molar-refractivity contribution in [2.24, 2.45) is 0 Å². The van der Waals surface area contributed by atoms with Crippen LogP contribution in [0.25, 0.3) is 0 Å². The van der Waals surface area contributed by atoms with Crippen LogP contribution < -0.4 is 0 Å². The van der Waals surface area contributed by atoms with Crippen molar-refractivity contribution in [2.45, 2.75) is 51.3 Å². The predicted octanol–water partition coefficient (Wildman–Crippen LogP) is 2.98. The van der Waals surface area contributed by atoms with Gasteiger partial charge in [0, 0.05) is 18.6 Å². The molecule has 1 aliphatic rings. The van der Waals surface area contributed by atoms with Gasteiger partial charge >= 0.3 is 0 Å². The zero-order chi connectivity index (χ0) is 12.3. The van der Waals surface area contributed by atoms with E-state index in [0.717, 1.165) is 12.1 Å². The minimum atomic E-state index is -0.362. The average molecular weight is 233 g/mol. The molecule has 0 aromatic heterocycles. The third-order valence-electron chi connectivity index (χ3n) is 3.94. The summed E-state index contributed by atoms with van der Waals surface area (Å²) in [6, 6.07) is 11.2. The number of likely N-dealkylation sites (tertiary alicyclic amines) is 1. The van der Waals surface area contributed by atoms with Gasteiger partial charge in [-0.05, 0) is 32.3 Å². The summed E-state index contributed by atoms with van der Waals surface area (Å²) < 4.78 is 0. The van der Waals surface area contributed by atoms with E-state index in [2.05, 4.69) is 18.7 Å². The minimum absolute atomic E-state index is 0.362. The van der Waals surface area contributed by atoms with Crippen LogP contribution in [0.4, 0.5) is 0 Å². The molecule has 2 heteroatoms. The number of benzene rings is 1. The Morgan fingerprint density at radius 2 is 1.76 bits per heavy atom. The average Bonchev–Trinajstić information content (AvgIpc) is 2.35. The molecular formula is C15H23NO. The first-order valence-electron chi connectivity index (χ1n) is 6.67. The molecule has 94 valence electrons. The second kappa shape index (κ2) is 5.65. The maximum Gasteiger partial charge on any atom is 0.0917 e. The van der Waals surface area contributed by atoms with Gasteiger partial charge in [0.05, 0.1) is 6.10 Å². The maximum absolute atomic E-state index is 10.3. The van der Waals surface area contributed by atoms with Crippen LogP contribution in [0.1, 0.15) is 44.8 Å². The second-order valence-electron chi connectivity index (χ2n) is 5.25. The molecule has 1 fully saturated rings. The summed E-state index contributed by atoms with van der Waals surface area (Å²) >= 11 is 0. The zero-order valence-corrected chi connectivity index (χ0v) is 10.8. The van der Waals surface area contributed by atoms with Crippen LogP contribution in [-0.2, 0) is 0 Å². The predicted molar refractivity (Wildman–Crippen MR) is 70.9 cm³/mol. The highest BCUT2D eigenvalue weighted by molar-refractivity contribution is 5.17. The van der Waals surface area contributed by atoms with Crippen molar-refractivity contribution in [2.75, 3.05) is 6.54 Å². The molecule has 0 spiro atoms. The van der Waals surface area contributed by atoms with Crippen molar-refractivity contribution in [3.8, 4) is 0 Å². The topological polar surface area (TPSA) is 23.5 Å². The summed E-state index contributed by atoms with van der Waals surface area (Å²) in [7, 11) is 0. The third kappa shape index (κ3) is 3.08. The monoisotopic (exact) mass is 233 g/mol. The lowest BCUT2D eigenvalue weighted by Gasteiger charge is -2.40. The van der Waals surface area contributed by atoms with E-state index in [4.69, 9.17) is 0 Å². The first kappa shape index (κ1) is 12.6. The molecule has 0 aliphatic carbocycles. The minimum Gasteiger partial charge on any atom is -0.387 e. The lowest BCUT2D eigenvalue weighted by molar-refractivity contribution is 0.0412. The molecule has 1 heterocycles. The smallest absolute Gasteiger partial charge is 0.0917 e. The van der Waals surface area contributed by atoms with E-state index in [1.54, 1.807) is 0 Å². The molecule has 0 bridgehead atoms. The molecule has 3 atom stereocenters. The fraction of sp³-hybridized carbons (Fsp3) is 0.600. The molecule has 1 aliphatic heterocycles. The van der Waals surface area contributed by atoms with Gasteiger partial charge in [0.25, 0.3) is 0 Å². The van der Waals surface area contributed by atoms with Crippen LogP contribution in [0.2, 0.25) is 0 Å². The quantitative estimate of drug-likeness (QED) is 0.867. The van der Waals surface area contributed by atoms with E-state index in [1.165, 1.54) is 19.3 Å². The van der Waals surface area contributed by atoms with E-state index in [-0.39, 0.29) is 6.10 Å². The Morgan fingerprint density at radius 1 is 1.18 bits per heavy atom. The molecule has 2 nitrogen and oxygen atoms in total. The Bertz CT molecular complexity index is 328. The number of rotatable bonds is 3. The van der Waals surface area contributed by atoms with Gasteiger partial charge in [-0.3, -0.25) is 4.90 Å². The highest BCUT2D eigenvalue weighted by Crippen LogP contribution is 2.25. The molecule has 1 saturated heterocycles. The number of hydrogen-bond acceptors (Lipinski definition) is 2. The number of aliphatic hydroxyl groups excluding tert-OH is 1. The normalized spacial score (nSPS) is 27.9. The first-order valence-corrected chi connectivity index (χ1v) is 6.67. The Kier molecular flexibility index (Phi) is 4.19. The number of hydrogen-bond donors (Lipinski definition) is 1. The van der Waals surface area contributed by atoms with E-state index < -0.39 is 0 Å². The van der Waals surface area contributed by atoms with Crippen LogP contribution >= 0.6 is 0 Å². The summed E-state index contributed by atoms with van der Waals surface area (Å²) in [6.07, 6.45) is 3.47. The Balaban J connectivity index is 2.00. The number of nitrogens with zero attached hydrogens (tertiary/aromatic N) is 1. The van der Waals surface area contributed by atoms with E-state index in [0.29, 0.717) is 12.1 Å². The van der Waals surface area contributed by atoms with E-state index >= 15 is 0 Å². The lowest BCUT2D eigenvalue weighted by Crippen LogP contribution is -2.45. The van der Waals surface area contributed by atoms with Gasteiger partial charge in [-0.25, -0.2) is 0 Å². The molecule has 0 amide bonds. The lowest BCUT2D eigenvalue weighted by atomic mass is 9.96. The highest BCUT2D eigenvalue weighted by atomic mass is 16.3. The maximum atomic E-state index is 10.3. The standard InChI is InChI=1S/C15H23NO/c1-12-7-6-8-13(2)16(12)11-15(17)14-9-4-3-5-10-14/h3-5,9-10,12-13,15,17H,6-8,11H2,1-2H3/t12-,13-,15-/m1/s1. The fourth-order valence-electron chi connectivity index (χ4n) is 2.81. The molecule has 0 unspecified atom stereocenters. The van der Waals surface area contributed by atoms with E-state index in [1.807, 2.05) is 30.3 Å². The Labute approximate surface area is 104 Å². The second-order valence-corrected chi connectivity index (χ2v) is 5.25. The molecule has 2 rings (SSSR count). The third-order valence-corrected chi connectivity index (χ3v) is 3.94.